The van der Waals surface area contributed by atoms with Gasteiger partial charge in [-0.15, -0.1) is 0 Å². The first-order valence-electron chi connectivity index (χ1n) is 10.1. The largest absolute Gasteiger partial charge is 0.414 e. The summed E-state index contributed by atoms with van der Waals surface area (Å²) in [7, 11) is -3.65. The molecular weight excluding hydrogens is 360 g/mol. The second-order valence-electron chi connectivity index (χ2n) is 11.4. The zero-order chi connectivity index (χ0) is 20.0. The second kappa shape index (κ2) is 7.27. The van der Waals surface area contributed by atoms with E-state index in [1.807, 2.05) is 0 Å². The van der Waals surface area contributed by atoms with E-state index >= 15 is 0 Å². The van der Waals surface area contributed by atoms with Crippen LogP contribution in [0.25, 0.3) is 0 Å². The normalized spacial score (nSPS) is 31.6. The van der Waals surface area contributed by atoms with Gasteiger partial charge in [-0.3, -0.25) is 0 Å². The van der Waals surface area contributed by atoms with Crippen molar-refractivity contribution in [3.05, 3.63) is 0 Å². The van der Waals surface area contributed by atoms with E-state index in [2.05, 4.69) is 67.7 Å². The monoisotopic (exact) mass is 402 g/mol. The minimum Gasteiger partial charge on any atom is -0.414 e. The third kappa shape index (κ3) is 5.00. The first-order valence-corrected chi connectivity index (χ1v) is 16.0. The summed E-state index contributed by atoms with van der Waals surface area (Å²) in [5.74, 6) is 0. The molecule has 1 heterocycles. The Labute approximate surface area is 163 Å². The fraction of sp³-hybridized carbons (Fsp3) is 1.00. The molecule has 1 aliphatic heterocycles. The van der Waals surface area contributed by atoms with Gasteiger partial charge in [0.05, 0.1) is 24.4 Å². The zero-order valence-electron chi connectivity index (χ0n) is 18.8. The molecule has 2 aliphatic rings. The van der Waals surface area contributed by atoms with E-state index in [0.717, 1.165) is 19.3 Å². The van der Waals surface area contributed by atoms with Gasteiger partial charge in [0, 0.05) is 12.8 Å². The van der Waals surface area contributed by atoms with Gasteiger partial charge in [-0.05, 0) is 42.7 Å². The van der Waals surface area contributed by atoms with E-state index in [1.54, 1.807) is 0 Å². The molecule has 0 amide bonds. The van der Waals surface area contributed by atoms with Crippen LogP contribution >= 0.6 is 0 Å². The Bertz CT molecular complexity index is 447. The number of hydrogen-bond acceptors (Lipinski definition) is 4. The third-order valence-corrected chi connectivity index (χ3v) is 16.1. The van der Waals surface area contributed by atoms with E-state index in [-0.39, 0.29) is 27.9 Å². The molecule has 26 heavy (non-hydrogen) atoms. The van der Waals surface area contributed by atoms with E-state index in [4.69, 9.17) is 18.3 Å². The van der Waals surface area contributed by atoms with Gasteiger partial charge in [0.15, 0.2) is 16.6 Å². The van der Waals surface area contributed by atoms with Gasteiger partial charge in [0.25, 0.3) is 0 Å². The second-order valence-corrected chi connectivity index (χ2v) is 21.0. The molecule has 0 radical (unpaired) electrons. The summed E-state index contributed by atoms with van der Waals surface area (Å²) in [5, 5.41) is 0.418. The van der Waals surface area contributed by atoms with E-state index in [1.165, 1.54) is 0 Å². The van der Waals surface area contributed by atoms with Gasteiger partial charge < -0.3 is 18.3 Å². The van der Waals surface area contributed by atoms with Crippen LogP contribution in [-0.2, 0) is 18.3 Å². The van der Waals surface area contributed by atoms with Crippen LogP contribution in [0.15, 0.2) is 0 Å². The lowest BCUT2D eigenvalue weighted by atomic mass is 9.82. The Morgan fingerprint density at radius 1 is 0.808 bits per heavy atom. The van der Waals surface area contributed by atoms with Crippen LogP contribution in [0, 0.1) is 0 Å². The average Bonchev–Trinajstić information content (AvgIpc) is 2.81. The van der Waals surface area contributed by atoms with Crippen LogP contribution in [0.5, 0.6) is 0 Å². The van der Waals surface area contributed by atoms with Crippen molar-refractivity contribution in [3.63, 3.8) is 0 Å². The summed E-state index contributed by atoms with van der Waals surface area (Å²) in [6.07, 6.45) is 3.22. The Morgan fingerprint density at radius 3 is 1.54 bits per heavy atom. The SMILES string of the molecule is CC(C)(C)[Si](C)(C)OC1CC(O[Si](C)(C)C(C)(C)C)CC2(COCO2)C1. The minimum absolute atomic E-state index is 0.195. The van der Waals surface area contributed by atoms with Gasteiger partial charge in [0.1, 0.15) is 6.79 Å². The van der Waals surface area contributed by atoms with E-state index < -0.39 is 16.6 Å². The highest BCUT2D eigenvalue weighted by Gasteiger charge is 2.50. The summed E-state index contributed by atoms with van der Waals surface area (Å²) >= 11 is 0. The van der Waals surface area contributed by atoms with Crippen molar-refractivity contribution in [1.82, 2.24) is 0 Å². The first-order chi connectivity index (χ1) is 11.6. The summed E-state index contributed by atoms with van der Waals surface area (Å²) in [6, 6.07) is 0. The maximum atomic E-state index is 6.80. The van der Waals surface area contributed by atoms with Crippen molar-refractivity contribution in [1.29, 1.82) is 0 Å². The zero-order valence-corrected chi connectivity index (χ0v) is 20.8. The quantitative estimate of drug-likeness (QED) is 0.566. The lowest BCUT2D eigenvalue weighted by Crippen LogP contribution is -2.54. The Kier molecular flexibility index (Phi) is 6.30. The highest BCUT2D eigenvalue weighted by atomic mass is 28.4. The van der Waals surface area contributed by atoms with Gasteiger partial charge in [-0.2, -0.15) is 0 Å². The fourth-order valence-corrected chi connectivity index (χ4v) is 6.14. The van der Waals surface area contributed by atoms with Crippen molar-refractivity contribution >= 4 is 16.6 Å². The molecular formula is C20H42O4Si2. The molecule has 2 rings (SSSR count). The van der Waals surface area contributed by atoms with Crippen molar-refractivity contribution in [3.8, 4) is 0 Å². The molecule has 2 fully saturated rings. The number of hydrogen-bond donors (Lipinski definition) is 0. The molecule has 0 aromatic rings. The van der Waals surface area contributed by atoms with E-state index in [9.17, 15) is 0 Å². The molecule has 1 saturated carbocycles. The van der Waals surface area contributed by atoms with Crippen LogP contribution in [0.2, 0.25) is 36.3 Å². The Morgan fingerprint density at radius 2 is 1.23 bits per heavy atom. The van der Waals surface area contributed by atoms with Crippen LogP contribution in [0.3, 0.4) is 0 Å². The van der Waals surface area contributed by atoms with Crippen molar-refractivity contribution < 1.29 is 18.3 Å². The molecule has 0 bridgehead atoms. The molecule has 4 nitrogen and oxygen atoms in total. The molecule has 2 unspecified atom stereocenters. The summed E-state index contributed by atoms with van der Waals surface area (Å²) < 4.78 is 25.3. The summed E-state index contributed by atoms with van der Waals surface area (Å²) in [6.45, 7) is 24.2. The summed E-state index contributed by atoms with van der Waals surface area (Å²) in [5.41, 5.74) is -0.224. The molecule has 6 heteroatoms. The molecule has 0 aromatic heterocycles. The first kappa shape index (κ1) is 22.6. The predicted molar refractivity (Wildman–Crippen MR) is 113 cm³/mol. The third-order valence-electron chi connectivity index (χ3n) is 7.07. The lowest BCUT2D eigenvalue weighted by molar-refractivity contribution is -0.0914. The van der Waals surface area contributed by atoms with Crippen molar-refractivity contribution in [2.75, 3.05) is 13.4 Å². The minimum atomic E-state index is -1.83. The average molecular weight is 403 g/mol. The van der Waals surface area contributed by atoms with E-state index in [0.29, 0.717) is 13.4 Å². The van der Waals surface area contributed by atoms with Gasteiger partial charge in [-0.1, -0.05) is 41.5 Å². The number of rotatable bonds is 4. The predicted octanol–water partition coefficient (Wildman–Crippen LogP) is 5.69. The molecule has 1 saturated heterocycles. The Balaban J connectivity index is 2.17. The number of ether oxygens (including phenoxy) is 2. The smallest absolute Gasteiger partial charge is 0.192 e. The maximum absolute atomic E-state index is 6.80. The fourth-order valence-electron chi connectivity index (χ4n) is 3.41. The summed E-state index contributed by atoms with van der Waals surface area (Å²) in [4.78, 5) is 0. The molecule has 2 atom stereocenters. The molecule has 0 N–H and O–H groups in total. The molecule has 0 aromatic carbocycles. The molecule has 1 spiro atoms. The van der Waals surface area contributed by atoms with Gasteiger partial charge in [0.2, 0.25) is 0 Å². The maximum Gasteiger partial charge on any atom is 0.192 e. The highest BCUT2D eigenvalue weighted by molar-refractivity contribution is 6.74. The van der Waals surface area contributed by atoms with Crippen LogP contribution in [0.4, 0.5) is 0 Å². The van der Waals surface area contributed by atoms with Crippen LogP contribution in [0.1, 0.15) is 60.8 Å². The van der Waals surface area contributed by atoms with Gasteiger partial charge >= 0.3 is 0 Å². The van der Waals surface area contributed by atoms with Crippen molar-refractivity contribution in [2.45, 2.75) is 115 Å². The Hall–Kier alpha value is 0.274. The molecule has 1 aliphatic carbocycles. The lowest BCUT2D eigenvalue weighted by Gasteiger charge is -2.48. The van der Waals surface area contributed by atoms with Crippen LogP contribution < -0.4 is 0 Å². The van der Waals surface area contributed by atoms with Crippen LogP contribution in [-0.4, -0.2) is 47.8 Å². The van der Waals surface area contributed by atoms with Gasteiger partial charge in [-0.25, -0.2) is 0 Å². The standard InChI is InChI=1S/C20H42O4Si2/c1-18(2,3)25(7,8)23-16-11-17(24-26(9,10)19(4,5)6)13-20(12-16)14-21-15-22-20/h16-17H,11-15H2,1-10H3. The highest BCUT2D eigenvalue weighted by Crippen LogP contribution is 2.45. The molecule has 154 valence electrons. The topological polar surface area (TPSA) is 36.9 Å². The van der Waals surface area contributed by atoms with Crippen molar-refractivity contribution in [2.24, 2.45) is 0 Å².